The highest BCUT2D eigenvalue weighted by Crippen LogP contribution is 2.22. The van der Waals surface area contributed by atoms with Crippen molar-refractivity contribution in [2.75, 3.05) is 45.3 Å². The average molecular weight is 606 g/mol. The number of hydrogen-bond donors (Lipinski definition) is 2. The Morgan fingerprint density at radius 2 is 1.81 bits per heavy atom. The molecule has 1 aliphatic heterocycles. The van der Waals surface area contributed by atoms with E-state index < -0.39 is 40.3 Å². The average Bonchev–Trinajstić information content (AvgIpc) is 3.45. The quantitative estimate of drug-likeness (QED) is 0.167. The maximum Gasteiger partial charge on any atom is 0.407 e. The number of benzene rings is 2. The largest absolute Gasteiger partial charge is 0.457 e. The molecule has 0 aliphatic carbocycles. The molecule has 0 aromatic heterocycles. The third kappa shape index (κ3) is 10.6. The lowest BCUT2D eigenvalue weighted by Gasteiger charge is -2.33. The number of carbonyl (C=O) groups is 2. The van der Waals surface area contributed by atoms with Gasteiger partial charge in [0.1, 0.15) is 18.8 Å². The Morgan fingerprint density at radius 1 is 1.10 bits per heavy atom. The second-order valence-corrected chi connectivity index (χ2v) is 12.6. The normalized spacial score (nSPS) is 16.7. The van der Waals surface area contributed by atoms with E-state index in [1.807, 2.05) is 51.1 Å². The lowest BCUT2D eigenvalue weighted by Crippen LogP contribution is -2.53. The summed E-state index contributed by atoms with van der Waals surface area (Å²) < 4.78 is 51.1. The number of nitrogens with two attached hydrogens (primary N) is 1. The van der Waals surface area contributed by atoms with E-state index in [1.54, 1.807) is 0 Å². The third-order valence-corrected chi connectivity index (χ3v) is 8.38. The minimum Gasteiger partial charge on any atom is -0.457 e. The lowest BCUT2D eigenvalue weighted by atomic mass is 10.0. The Labute approximate surface area is 248 Å². The van der Waals surface area contributed by atoms with E-state index in [1.165, 1.54) is 28.6 Å². The number of amides is 1. The van der Waals surface area contributed by atoms with Gasteiger partial charge in [-0.2, -0.15) is 4.31 Å². The molecule has 0 spiro atoms. The van der Waals surface area contributed by atoms with Crippen LogP contribution < -0.4 is 11.1 Å². The summed E-state index contributed by atoms with van der Waals surface area (Å²) >= 11 is 0. The Kier molecular flexibility index (Phi) is 13.0. The van der Waals surface area contributed by atoms with E-state index in [2.05, 4.69) is 5.32 Å². The minimum absolute atomic E-state index is 0.0503. The number of sulfonamides is 1. The summed E-state index contributed by atoms with van der Waals surface area (Å²) in [4.78, 5) is 26.0. The molecule has 11 nitrogen and oxygen atoms in total. The van der Waals surface area contributed by atoms with Crippen molar-refractivity contribution in [3.8, 4) is 0 Å². The molecular formula is C30H43N3O8S. The predicted octanol–water partition coefficient (Wildman–Crippen LogP) is 3.38. The van der Waals surface area contributed by atoms with Crippen molar-refractivity contribution in [1.29, 1.82) is 0 Å². The molecule has 3 N–H and O–H groups in total. The number of nitrogens with zero attached hydrogens (tertiary/aromatic N) is 1. The molecule has 3 rings (SSSR count). The van der Waals surface area contributed by atoms with Crippen LogP contribution in [-0.4, -0.2) is 82.6 Å². The third-order valence-electron chi connectivity index (χ3n) is 6.53. The minimum atomic E-state index is -4.02. The molecule has 2 aromatic rings. The monoisotopic (exact) mass is 605 g/mol. The molecule has 3 atom stereocenters. The summed E-state index contributed by atoms with van der Waals surface area (Å²) in [5, 5.41) is 2.85. The standard InChI is InChI=1S/C30H43N3O8S/c1-4-15-38-21-29(34)41-28(19-33(18-22(2)3)42(36,37)26-12-10-24(31)11-13-26)27(17-23-8-6-5-7-9-23)32-30(35)40-25-14-16-39-20-25/h5-13,22,25,27-28H,4,14-21,31H2,1-3H3,(H,32,35)/t25-,27-,28+/m0/s1. The van der Waals surface area contributed by atoms with Gasteiger partial charge < -0.3 is 30.0 Å². The molecule has 2 aromatic carbocycles. The summed E-state index contributed by atoms with van der Waals surface area (Å²) in [6.07, 6.45) is -0.625. The molecule has 1 amide bonds. The van der Waals surface area contributed by atoms with Crippen LogP contribution in [0.3, 0.4) is 0 Å². The zero-order valence-electron chi connectivity index (χ0n) is 24.6. The Morgan fingerprint density at radius 3 is 2.43 bits per heavy atom. The first-order valence-corrected chi connectivity index (χ1v) is 15.7. The summed E-state index contributed by atoms with van der Waals surface area (Å²) in [6.45, 7) is 6.50. The van der Waals surface area contributed by atoms with Crippen molar-refractivity contribution >= 4 is 27.8 Å². The van der Waals surface area contributed by atoms with Gasteiger partial charge in [0, 0.05) is 25.3 Å². The highest BCUT2D eigenvalue weighted by Gasteiger charge is 2.35. The lowest BCUT2D eigenvalue weighted by molar-refractivity contribution is -0.156. The van der Waals surface area contributed by atoms with E-state index in [0.717, 1.165) is 5.56 Å². The zero-order chi connectivity index (χ0) is 30.5. The van der Waals surface area contributed by atoms with Crippen LogP contribution in [0.4, 0.5) is 10.5 Å². The van der Waals surface area contributed by atoms with Gasteiger partial charge in [0.2, 0.25) is 10.0 Å². The Balaban J connectivity index is 1.95. The summed E-state index contributed by atoms with van der Waals surface area (Å²) in [5.74, 6) is -0.717. The number of rotatable bonds is 16. The van der Waals surface area contributed by atoms with Crippen molar-refractivity contribution in [1.82, 2.24) is 9.62 Å². The first kappa shape index (κ1) is 33.3. The van der Waals surface area contributed by atoms with Gasteiger partial charge in [-0.15, -0.1) is 0 Å². The number of nitrogens with one attached hydrogen (secondary N) is 1. The topological polar surface area (TPSA) is 146 Å². The first-order valence-electron chi connectivity index (χ1n) is 14.3. The van der Waals surface area contributed by atoms with Gasteiger partial charge in [-0.25, -0.2) is 18.0 Å². The molecule has 0 bridgehead atoms. The molecule has 1 fully saturated rings. The smallest absolute Gasteiger partial charge is 0.407 e. The van der Waals surface area contributed by atoms with Gasteiger partial charge in [0.25, 0.3) is 0 Å². The first-order chi connectivity index (χ1) is 20.1. The van der Waals surface area contributed by atoms with Crippen LogP contribution in [0.5, 0.6) is 0 Å². The number of ether oxygens (including phenoxy) is 4. The van der Waals surface area contributed by atoms with E-state index in [-0.39, 0.29) is 36.9 Å². The second kappa shape index (κ2) is 16.4. The van der Waals surface area contributed by atoms with Crippen molar-refractivity contribution in [3.05, 3.63) is 60.2 Å². The van der Waals surface area contributed by atoms with Crippen LogP contribution in [0.2, 0.25) is 0 Å². The number of nitrogen functional groups attached to an aromatic ring is 1. The maximum absolute atomic E-state index is 13.8. The van der Waals surface area contributed by atoms with Crippen LogP contribution >= 0.6 is 0 Å². The van der Waals surface area contributed by atoms with Crippen molar-refractivity contribution < 1.29 is 37.0 Å². The fraction of sp³-hybridized carbons (Fsp3) is 0.533. The van der Waals surface area contributed by atoms with Crippen LogP contribution in [0.25, 0.3) is 0 Å². The molecular weight excluding hydrogens is 562 g/mol. The van der Waals surface area contributed by atoms with Gasteiger partial charge in [-0.1, -0.05) is 51.1 Å². The van der Waals surface area contributed by atoms with Crippen LogP contribution in [0.15, 0.2) is 59.5 Å². The number of alkyl carbamates (subject to hydrolysis) is 1. The number of carbonyl (C=O) groups excluding carboxylic acids is 2. The van der Waals surface area contributed by atoms with Gasteiger partial charge in [0.15, 0.2) is 0 Å². The molecule has 0 unspecified atom stereocenters. The zero-order valence-corrected chi connectivity index (χ0v) is 25.4. The number of anilines is 1. The molecule has 0 saturated carbocycles. The summed E-state index contributed by atoms with van der Waals surface area (Å²) in [6, 6.07) is 14.4. The Hall–Kier alpha value is -3.19. The SMILES string of the molecule is CCCOCC(=O)O[C@H](CN(CC(C)C)S(=O)(=O)c1ccc(N)cc1)[C@H](Cc1ccccc1)NC(=O)O[C@H]1CCOC1. The van der Waals surface area contributed by atoms with Crippen LogP contribution in [0, 0.1) is 5.92 Å². The van der Waals surface area contributed by atoms with Crippen LogP contribution in [-0.2, 0) is 40.2 Å². The predicted molar refractivity (Wildman–Crippen MR) is 158 cm³/mol. The maximum atomic E-state index is 13.8. The molecule has 1 heterocycles. The molecule has 1 saturated heterocycles. The van der Waals surface area contributed by atoms with E-state index >= 15 is 0 Å². The number of hydrogen-bond acceptors (Lipinski definition) is 9. The van der Waals surface area contributed by atoms with Crippen molar-refractivity contribution in [2.45, 2.75) is 63.2 Å². The summed E-state index contributed by atoms with van der Waals surface area (Å²) in [5.41, 5.74) is 7.08. The van der Waals surface area contributed by atoms with E-state index in [9.17, 15) is 18.0 Å². The Bertz CT molecular complexity index is 1220. The van der Waals surface area contributed by atoms with Crippen molar-refractivity contribution in [3.63, 3.8) is 0 Å². The highest BCUT2D eigenvalue weighted by atomic mass is 32.2. The molecule has 1 aliphatic rings. The highest BCUT2D eigenvalue weighted by molar-refractivity contribution is 7.89. The van der Waals surface area contributed by atoms with Gasteiger partial charge in [-0.3, -0.25) is 0 Å². The fourth-order valence-electron chi connectivity index (χ4n) is 4.50. The van der Waals surface area contributed by atoms with Crippen molar-refractivity contribution in [2.24, 2.45) is 5.92 Å². The molecule has 0 radical (unpaired) electrons. The summed E-state index contributed by atoms with van der Waals surface area (Å²) in [7, 11) is -4.02. The molecule has 232 valence electrons. The van der Waals surface area contributed by atoms with Gasteiger partial charge >= 0.3 is 12.1 Å². The molecule has 42 heavy (non-hydrogen) atoms. The number of esters is 1. The molecule has 12 heteroatoms. The second-order valence-electron chi connectivity index (χ2n) is 10.7. The van der Waals surface area contributed by atoms with Gasteiger partial charge in [0.05, 0.1) is 30.7 Å². The fourth-order valence-corrected chi connectivity index (χ4v) is 6.12. The van der Waals surface area contributed by atoms with Crippen LogP contribution in [0.1, 0.15) is 39.2 Å². The van der Waals surface area contributed by atoms with Gasteiger partial charge in [-0.05, 0) is 48.6 Å². The van der Waals surface area contributed by atoms with E-state index in [4.69, 9.17) is 24.7 Å². The van der Waals surface area contributed by atoms with E-state index in [0.29, 0.717) is 38.3 Å².